The molecule has 0 bridgehead atoms. The summed E-state index contributed by atoms with van der Waals surface area (Å²) in [5.74, 6) is -0.623. The molecule has 2 N–H and O–H groups in total. The van der Waals surface area contributed by atoms with Gasteiger partial charge in [0, 0.05) is 11.4 Å². The van der Waals surface area contributed by atoms with Gasteiger partial charge in [0.1, 0.15) is 0 Å². The Bertz CT molecular complexity index is 263. The van der Waals surface area contributed by atoms with Gasteiger partial charge in [-0.05, 0) is 19.9 Å². The summed E-state index contributed by atoms with van der Waals surface area (Å²) in [5.41, 5.74) is 8.98. The Hall–Kier alpha value is -1.25. The Balaban J connectivity index is 3.15. The van der Waals surface area contributed by atoms with Gasteiger partial charge in [-0.3, -0.25) is 10.5 Å². The maximum absolute atomic E-state index is 10.5. The second-order valence-corrected chi connectivity index (χ2v) is 2.32. The molecule has 1 aromatic heterocycles. The first-order valence-electron chi connectivity index (χ1n) is 3.03. The van der Waals surface area contributed by atoms with Crippen molar-refractivity contribution in [2.45, 2.75) is 13.8 Å². The van der Waals surface area contributed by atoms with E-state index in [1.807, 2.05) is 6.92 Å². The summed E-state index contributed by atoms with van der Waals surface area (Å²) in [4.78, 5) is 13.5. The molecular weight excluding hydrogens is 128 g/mol. The van der Waals surface area contributed by atoms with E-state index in [-0.39, 0.29) is 0 Å². The van der Waals surface area contributed by atoms with E-state index in [2.05, 4.69) is 4.98 Å². The van der Waals surface area contributed by atoms with Crippen LogP contribution in [0.2, 0.25) is 0 Å². The zero-order chi connectivity index (χ0) is 7.72. The standard InChI is InChI=1S/C7H9N2O/c1-4-3-6(7(8)10)5(2)9-4/h3,8-9H,1-2H3. The van der Waals surface area contributed by atoms with Crippen molar-refractivity contribution in [3.8, 4) is 0 Å². The van der Waals surface area contributed by atoms with Crippen molar-refractivity contribution in [3.63, 3.8) is 0 Å². The molecule has 1 heterocycles. The van der Waals surface area contributed by atoms with Crippen molar-refractivity contribution in [2.24, 2.45) is 0 Å². The van der Waals surface area contributed by atoms with Crippen molar-refractivity contribution >= 4 is 5.91 Å². The molecule has 0 fully saturated rings. The van der Waals surface area contributed by atoms with Crippen molar-refractivity contribution in [1.82, 2.24) is 10.7 Å². The number of hydrogen-bond donors (Lipinski definition) is 1. The molecule has 0 saturated heterocycles. The third-order valence-corrected chi connectivity index (χ3v) is 1.39. The molecule has 0 unspecified atom stereocenters. The maximum atomic E-state index is 10.5. The molecule has 1 radical (unpaired) electrons. The highest BCUT2D eigenvalue weighted by atomic mass is 16.1. The number of hydrogen-bond acceptors (Lipinski definition) is 1. The number of aryl methyl sites for hydroxylation is 2. The lowest BCUT2D eigenvalue weighted by Crippen LogP contribution is -1.98. The molecule has 1 rings (SSSR count). The van der Waals surface area contributed by atoms with Crippen LogP contribution in [-0.4, -0.2) is 10.9 Å². The minimum atomic E-state index is -0.623. The molecule has 3 heteroatoms. The van der Waals surface area contributed by atoms with Crippen LogP contribution in [0.4, 0.5) is 0 Å². The first-order chi connectivity index (χ1) is 4.61. The van der Waals surface area contributed by atoms with Crippen LogP contribution >= 0.6 is 0 Å². The number of aromatic nitrogens is 1. The van der Waals surface area contributed by atoms with Gasteiger partial charge >= 0.3 is 0 Å². The average Bonchev–Trinajstić information content (AvgIpc) is 2.10. The highest BCUT2D eigenvalue weighted by molar-refractivity contribution is 5.93. The van der Waals surface area contributed by atoms with E-state index < -0.39 is 5.91 Å². The molecule has 0 atom stereocenters. The lowest BCUT2D eigenvalue weighted by Gasteiger charge is -1.87. The highest BCUT2D eigenvalue weighted by Crippen LogP contribution is 2.07. The molecule has 3 nitrogen and oxygen atoms in total. The molecule has 10 heavy (non-hydrogen) atoms. The summed E-state index contributed by atoms with van der Waals surface area (Å²) >= 11 is 0. The highest BCUT2D eigenvalue weighted by Gasteiger charge is 2.06. The smallest absolute Gasteiger partial charge is 0.271 e. The van der Waals surface area contributed by atoms with Gasteiger partial charge < -0.3 is 4.98 Å². The van der Waals surface area contributed by atoms with Crippen LogP contribution in [0.1, 0.15) is 21.7 Å². The van der Waals surface area contributed by atoms with Crippen LogP contribution in [0.15, 0.2) is 6.07 Å². The third kappa shape index (κ3) is 1.03. The van der Waals surface area contributed by atoms with E-state index in [0.29, 0.717) is 5.56 Å². The van der Waals surface area contributed by atoms with Crippen LogP contribution in [0, 0.1) is 13.8 Å². The summed E-state index contributed by atoms with van der Waals surface area (Å²) in [6.45, 7) is 3.65. The summed E-state index contributed by atoms with van der Waals surface area (Å²) in [6, 6.07) is 1.69. The second kappa shape index (κ2) is 2.17. The zero-order valence-electron chi connectivity index (χ0n) is 5.99. The molecule has 0 spiro atoms. The Morgan fingerprint density at radius 2 is 2.20 bits per heavy atom. The average molecular weight is 137 g/mol. The predicted molar refractivity (Wildman–Crippen MR) is 37.7 cm³/mol. The molecule has 53 valence electrons. The van der Waals surface area contributed by atoms with Crippen molar-refractivity contribution in [3.05, 3.63) is 23.0 Å². The molecule has 0 aromatic carbocycles. The molecule has 0 aliphatic carbocycles. The van der Waals surface area contributed by atoms with Crippen LogP contribution in [-0.2, 0) is 0 Å². The van der Waals surface area contributed by atoms with Crippen LogP contribution in [0.25, 0.3) is 0 Å². The van der Waals surface area contributed by atoms with Gasteiger partial charge in [0.25, 0.3) is 5.91 Å². The molecular formula is C7H9N2O. The summed E-state index contributed by atoms with van der Waals surface area (Å²) in [5, 5.41) is 0. The monoisotopic (exact) mass is 137 g/mol. The fourth-order valence-electron chi connectivity index (χ4n) is 0.960. The fraction of sp³-hybridized carbons (Fsp3) is 0.286. The molecule has 0 saturated carbocycles. The molecule has 1 amide bonds. The van der Waals surface area contributed by atoms with Crippen LogP contribution in [0.5, 0.6) is 0 Å². The van der Waals surface area contributed by atoms with Crippen LogP contribution in [0.3, 0.4) is 0 Å². The van der Waals surface area contributed by atoms with E-state index in [9.17, 15) is 4.79 Å². The maximum Gasteiger partial charge on any atom is 0.271 e. The molecule has 0 aliphatic rings. The number of nitrogens with one attached hydrogen (secondary N) is 2. The van der Waals surface area contributed by atoms with Crippen molar-refractivity contribution in [2.75, 3.05) is 0 Å². The van der Waals surface area contributed by atoms with Gasteiger partial charge in [0.15, 0.2) is 0 Å². The first kappa shape index (κ1) is 6.86. The van der Waals surface area contributed by atoms with E-state index >= 15 is 0 Å². The number of carbonyl (C=O) groups is 1. The van der Waals surface area contributed by atoms with Gasteiger partial charge in [-0.25, -0.2) is 0 Å². The lowest BCUT2D eigenvalue weighted by atomic mass is 10.2. The Morgan fingerprint density at radius 1 is 1.60 bits per heavy atom. The van der Waals surface area contributed by atoms with Gasteiger partial charge in [0.05, 0.1) is 5.56 Å². The third-order valence-electron chi connectivity index (χ3n) is 1.39. The van der Waals surface area contributed by atoms with Gasteiger partial charge in [0.2, 0.25) is 0 Å². The molecule has 0 aliphatic heterocycles. The van der Waals surface area contributed by atoms with E-state index in [4.69, 9.17) is 5.73 Å². The topological polar surface area (TPSA) is 56.7 Å². The largest absolute Gasteiger partial charge is 0.362 e. The Labute approximate surface area is 59.2 Å². The number of carbonyl (C=O) groups excluding carboxylic acids is 1. The summed E-state index contributed by atoms with van der Waals surface area (Å²) in [6.07, 6.45) is 0. The quantitative estimate of drug-likeness (QED) is 0.618. The van der Waals surface area contributed by atoms with Crippen molar-refractivity contribution in [1.29, 1.82) is 0 Å². The number of rotatable bonds is 1. The SMILES string of the molecule is Cc1cc(C([NH])=O)c(C)[nH]1. The normalized spacial score (nSPS) is 9.80. The van der Waals surface area contributed by atoms with Crippen LogP contribution < -0.4 is 5.73 Å². The molecule has 1 aromatic rings. The predicted octanol–water partition coefficient (Wildman–Crippen LogP) is 1.05. The summed E-state index contributed by atoms with van der Waals surface area (Å²) in [7, 11) is 0. The Kier molecular flexibility index (Phi) is 1.49. The minimum absolute atomic E-state index is 0.470. The summed E-state index contributed by atoms with van der Waals surface area (Å²) < 4.78 is 0. The minimum Gasteiger partial charge on any atom is -0.362 e. The number of amides is 1. The van der Waals surface area contributed by atoms with Gasteiger partial charge in [-0.1, -0.05) is 0 Å². The van der Waals surface area contributed by atoms with Gasteiger partial charge in [-0.2, -0.15) is 0 Å². The second-order valence-electron chi connectivity index (χ2n) is 2.32. The van der Waals surface area contributed by atoms with E-state index in [1.165, 1.54) is 0 Å². The fourth-order valence-corrected chi connectivity index (χ4v) is 0.960. The van der Waals surface area contributed by atoms with E-state index in [0.717, 1.165) is 11.4 Å². The number of aromatic amines is 1. The van der Waals surface area contributed by atoms with E-state index in [1.54, 1.807) is 13.0 Å². The Morgan fingerprint density at radius 3 is 2.40 bits per heavy atom. The van der Waals surface area contributed by atoms with Crippen molar-refractivity contribution < 1.29 is 4.79 Å². The lowest BCUT2D eigenvalue weighted by molar-refractivity contribution is 0.0991. The zero-order valence-corrected chi connectivity index (χ0v) is 5.99. The first-order valence-corrected chi connectivity index (χ1v) is 3.03. The number of H-pyrrole nitrogens is 1. The van der Waals surface area contributed by atoms with Gasteiger partial charge in [-0.15, -0.1) is 0 Å².